The van der Waals surface area contributed by atoms with Gasteiger partial charge < -0.3 is 25.4 Å². The van der Waals surface area contributed by atoms with Crippen LogP contribution >= 0.6 is 0 Å². The van der Waals surface area contributed by atoms with Gasteiger partial charge in [-0.15, -0.1) is 0 Å². The Morgan fingerprint density at radius 1 is 1.27 bits per heavy atom. The molecule has 30 heavy (non-hydrogen) atoms. The molecule has 0 radical (unpaired) electrons. The summed E-state index contributed by atoms with van der Waals surface area (Å²) >= 11 is 0. The third kappa shape index (κ3) is 3.50. The number of carbonyl (C=O) groups excluding carboxylic acids is 3. The van der Waals surface area contributed by atoms with Crippen LogP contribution in [0.15, 0.2) is 18.2 Å². The number of anilines is 2. The van der Waals surface area contributed by atoms with Crippen LogP contribution < -0.4 is 10.6 Å². The van der Waals surface area contributed by atoms with Gasteiger partial charge in [-0.1, -0.05) is 0 Å². The molecule has 0 aliphatic carbocycles. The zero-order valence-electron chi connectivity index (χ0n) is 17.3. The summed E-state index contributed by atoms with van der Waals surface area (Å²) in [7, 11) is 3.98. The van der Waals surface area contributed by atoms with Gasteiger partial charge in [0.2, 0.25) is 6.41 Å². The molecule has 1 aromatic carbocycles. The van der Waals surface area contributed by atoms with Crippen molar-refractivity contribution in [2.75, 3.05) is 44.4 Å². The van der Waals surface area contributed by atoms with Gasteiger partial charge in [0.05, 0.1) is 11.1 Å². The number of aromatic nitrogens is 1. The van der Waals surface area contributed by atoms with Gasteiger partial charge >= 0.3 is 0 Å². The van der Waals surface area contributed by atoms with Gasteiger partial charge in [0, 0.05) is 54.4 Å². The van der Waals surface area contributed by atoms with Crippen molar-refractivity contribution in [3.63, 3.8) is 0 Å². The lowest BCUT2D eigenvalue weighted by Gasteiger charge is -2.28. The number of amides is 3. The molecule has 0 unspecified atom stereocenters. The molecule has 3 heterocycles. The molecule has 2 aliphatic heterocycles. The number of benzene rings is 1. The number of hydrogen-bond donors (Lipinski definition) is 3. The second-order valence-corrected chi connectivity index (χ2v) is 7.90. The molecule has 0 fully saturated rings. The number of nitrogens with one attached hydrogen (secondary N) is 3. The standard InChI is InChI=1S/C22H25N5O3/c1-13-19(24-18-6-7-27(9-8-26(2)3)22(30)20(13)18)11-16-15-10-14(23-12-28)4-5-17(15)25-21(16)29/h4-5,10-12,24H,6-9H2,1-3H3,(H,23,28)(H,25,29). The SMILES string of the molecule is Cc1c(C=C2C(=O)Nc3ccc(NC=O)cc32)[nH]c2c1C(=O)N(CCN(C)C)CC2. The Balaban J connectivity index is 1.68. The van der Waals surface area contributed by atoms with E-state index in [1.165, 1.54) is 0 Å². The van der Waals surface area contributed by atoms with E-state index in [1.807, 2.05) is 25.9 Å². The van der Waals surface area contributed by atoms with E-state index in [1.54, 1.807) is 24.3 Å². The topological polar surface area (TPSA) is 97.5 Å². The number of fused-ring (bicyclic) bond motifs is 2. The number of carbonyl (C=O) groups is 3. The van der Waals surface area contributed by atoms with Gasteiger partial charge in [-0.25, -0.2) is 0 Å². The maximum absolute atomic E-state index is 13.0. The Morgan fingerprint density at radius 3 is 2.80 bits per heavy atom. The van der Waals surface area contributed by atoms with Gasteiger partial charge in [0.15, 0.2) is 0 Å². The summed E-state index contributed by atoms with van der Waals surface area (Å²) < 4.78 is 0. The van der Waals surface area contributed by atoms with Gasteiger partial charge in [-0.2, -0.15) is 0 Å². The number of aromatic amines is 1. The van der Waals surface area contributed by atoms with E-state index in [-0.39, 0.29) is 11.8 Å². The molecule has 156 valence electrons. The lowest BCUT2D eigenvalue weighted by Crippen LogP contribution is -2.41. The van der Waals surface area contributed by atoms with Gasteiger partial charge in [0.25, 0.3) is 11.8 Å². The molecule has 0 spiro atoms. The van der Waals surface area contributed by atoms with Crippen molar-refractivity contribution in [3.05, 3.63) is 46.3 Å². The summed E-state index contributed by atoms with van der Waals surface area (Å²) in [6.07, 6.45) is 3.15. The zero-order chi connectivity index (χ0) is 21.4. The predicted molar refractivity (Wildman–Crippen MR) is 116 cm³/mol. The fraction of sp³-hybridized carbons (Fsp3) is 0.318. The minimum atomic E-state index is -0.209. The normalized spacial score (nSPS) is 16.7. The van der Waals surface area contributed by atoms with Crippen LogP contribution in [0.2, 0.25) is 0 Å². The predicted octanol–water partition coefficient (Wildman–Crippen LogP) is 1.94. The summed E-state index contributed by atoms with van der Waals surface area (Å²) in [5, 5.41) is 5.45. The molecule has 8 nitrogen and oxygen atoms in total. The quantitative estimate of drug-likeness (QED) is 0.504. The van der Waals surface area contributed by atoms with Crippen LogP contribution in [0.3, 0.4) is 0 Å². The first-order valence-corrected chi connectivity index (χ1v) is 9.92. The second kappa shape index (κ2) is 7.79. The first-order valence-electron chi connectivity index (χ1n) is 9.92. The number of rotatable bonds is 6. The van der Waals surface area contributed by atoms with E-state index in [2.05, 4.69) is 20.5 Å². The van der Waals surface area contributed by atoms with Crippen molar-refractivity contribution in [1.29, 1.82) is 0 Å². The molecule has 0 bridgehead atoms. The number of likely N-dealkylation sites (N-methyl/N-ethyl adjacent to an activating group) is 1. The monoisotopic (exact) mass is 407 g/mol. The van der Waals surface area contributed by atoms with Gasteiger partial charge in [-0.3, -0.25) is 14.4 Å². The van der Waals surface area contributed by atoms with E-state index < -0.39 is 0 Å². The molecule has 0 saturated carbocycles. The Bertz CT molecular complexity index is 1070. The highest BCUT2D eigenvalue weighted by Gasteiger charge is 2.30. The van der Waals surface area contributed by atoms with Crippen molar-refractivity contribution in [2.24, 2.45) is 0 Å². The Morgan fingerprint density at radius 2 is 2.07 bits per heavy atom. The molecule has 3 amide bonds. The fourth-order valence-corrected chi connectivity index (χ4v) is 3.98. The highest BCUT2D eigenvalue weighted by Crippen LogP contribution is 2.36. The zero-order valence-corrected chi connectivity index (χ0v) is 17.3. The molecule has 8 heteroatoms. The van der Waals surface area contributed by atoms with Crippen LogP contribution in [0.4, 0.5) is 11.4 Å². The Hall–Kier alpha value is -3.39. The van der Waals surface area contributed by atoms with E-state index in [4.69, 9.17) is 0 Å². The van der Waals surface area contributed by atoms with Crippen LogP contribution in [0.5, 0.6) is 0 Å². The highest BCUT2D eigenvalue weighted by atomic mass is 16.2. The fourth-order valence-electron chi connectivity index (χ4n) is 3.98. The number of H-pyrrole nitrogens is 1. The van der Waals surface area contributed by atoms with Gasteiger partial charge in [-0.05, 0) is 50.9 Å². The maximum Gasteiger partial charge on any atom is 0.256 e. The molecule has 3 N–H and O–H groups in total. The third-order valence-electron chi connectivity index (χ3n) is 5.63. The van der Waals surface area contributed by atoms with E-state index in [0.717, 1.165) is 35.5 Å². The number of hydrogen-bond acceptors (Lipinski definition) is 4. The smallest absolute Gasteiger partial charge is 0.256 e. The highest BCUT2D eigenvalue weighted by molar-refractivity contribution is 6.35. The molecule has 4 rings (SSSR count). The van der Waals surface area contributed by atoms with Crippen LogP contribution in [0.25, 0.3) is 11.6 Å². The molecular weight excluding hydrogens is 382 g/mol. The summed E-state index contributed by atoms with van der Waals surface area (Å²) in [6, 6.07) is 5.26. The lowest BCUT2D eigenvalue weighted by atomic mass is 10.0. The summed E-state index contributed by atoms with van der Waals surface area (Å²) in [5.41, 5.74) is 5.76. The first kappa shape index (κ1) is 19.9. The molecule has 1 aromatic heterocycles. The van der Waals surface area contributed by atoms with Crippen molar-refractivity contribution < 1.29 is 14.4 Å². The maximum atomic E-state index is 13.0. The average Bonchev–Trinajstić information content (AvgIpc) is 3.19. The van der Waals surface area contributed by atoms with Crippen LogP contribution in [0.1, 0.15) is 32.9 Å². The van der Waals surface area contributed by atoms with Crippen LogP contribution in [-0.4, -0.2) is 66.7 Å². The third-order valence-corrected chi connectivity index (χ3v) is 5.63. The van der Waals surface area contributed by atoms with Crippen molar-refractivity contribution in [1.82, 2.24) is 14.8 Å². The lowest BCUT2D eigenvalue weighted by molar-refractivity contribution is -0.110. The van der Waals surface area contributed by atoms with Crippen molar-refractivity contribution in [3.8, 4) is 0 Å². The van der Waals surface area contributed by atoms with E-state index in [9.17, 15) is 14.4 Å². The molecule has 2 aliphatic rings. The average molecular weight is 407 g/mol. The molecular formula is C22H25N5O3. The van der Waals surface area contributed by atoms with E-state index in [0.29, 0.717) is 42.0 Å². The Labute approximate surface area is 174 Å². The molecule has 0 saturated heterocycles. The number of nitrogens with zero attached hydrogens (tertiary/aromatic N) is 2. The second-order valence-electron chi connectivity index (χ2n) is 7.90. The van der Waals surface area contributed by atoms with Crippen molar-refractivity contribution in [2.45, 2.75) is 13.3 Å². The summed E-state index contributed by atoms with van der Waals surface area (Å²) in [4.78, 5) is 43.6. The minimum Gasteiger partial charge on any atom is -0.358 e. The van der Waals surface area contributed by atoms with E-state index >= 15 is 0 Å². The molecule has 2 aromatic rings. The largest absolute Gasteiger partial charge is 0.358 e. The van der Waals surface area contributed by atoms with Crippen LogP contribution in [-0.2, 0) is 16.0 Å². The van der Waals surface area contributed by atoms with Crippen molar-refractivity contribution >= 4 is 41.2 Å². The Kier molecular flexibility index (Phi) is 5.17. The van der Waals surface area contributed by atoms with Crippen LogP contribution in [0, 0.1) is 6.92 Å². The summed E-state index contributed by atoms with van der Waals surface area (Å²) in [5.74, 6) is -0.176. The minimum absolute atomic E-state index is 0.0326. The van der Waals surface area contributed by atoms with Gasteiger partial charge in [0.1, 0.15) is 0 Å². The first-order chi connectivity index (χ1) is 14.4. The molecule has 0 atom stereocenters. The summed E-state index contributed by atoms with van der Waals surface area (Å²) in [6.45, 7) is 4.09.